The first-order chi connectivity index (χ1) is 9.06. The van der Waals surface area contributed by atoms with E-state index < -0.39 is 0 Å². The standard InChI is InChI=1S/C16H16Br2O/c1-11(13-3-7-15(17)8-4-13)19-12(2)14-5-9-16(18)10-6-14/h3-12H,1-2H3. The minimum atomic E-state index is 0.0757. The molecule has 0 aliphatic rings. The summed E-state index contributed by atoms with van der Waals surface area (Å²) in [5.41, 5.74) is 2.37. The molecule has 0 amide bonds. The maximum absolute atomic E-state index is 6.07. The lowest BCUT2D eigenvalue weighted by Gasteiger charge is -2.20. The molecule has 0 saturated heterocycles. The predicted molar refractivity (Wildman–Crippen MR) is 86.2 cm³/mol. The highest BCUT2D eigenvalue weighted by atomic mass is 79.9. The number of hydrogen-bond acceptors (Lipinski definition) is 1. The Morgan fingerprint density at radius 3 is 1.32 bits per heavy atom. The highest BCUT2D eigenvalue weighted by Gasteiger charge is 2.12. The van der Waals surface area contributed by atoms with Crippen molar-refractivity contribution in [2.75, 3.05) is 0 Å². The molecule has 0 aliphatic heterocycles. The van der Waals surface area contributed by atoms with E-state index in [1.54, 1.807) is 0 Å². The zero-order valence-corrected chi connectivity index (χ0v) is 14.1. The predicted octanol–water partition coefficient (Wildman–Crippen LogP) is 6.05. The average molecular weight is 384 g/mol. The quantitative estimate of drug-likeness (QED) is 0.624. The van der Waals surface area contributed by atoms with Gasteiger partial charge >= 0.3 is 0 Å². The largest absolute Gasteiger partial charge is 0.366 e. The molecular formula is C16H16Br2O. The molecule has 0 N–H and O–H groups in total. The number of hydrogen-bond donors (Lipinski definition) is 0. The first-order valence-electron chi connectivity index (χ1n) is 6.22. The van der Waals surface area contributed by atoms with Crippen LogP contribution in [0.1, 0.15) is 37.2 Å². The van der Waals surface area contributed by atoms with Gasteiger partial charge in [-0.05, 0) is 49.2 Å². The molecule has 0 heterocycles. The maximum Gasteiger partial charge on any atom is 0.0805 e. The van der Waals surface area contributed by atoms with Crippen molar-refractivity contribution in [2.45, 2.75) is 26.1 Å². The SMILES string of the molecule is CC(OC(C)c1ccc(Br)cc1)c1ccc(Br)cc1. The van der Waals surface area contributed by atoms with E-state index in [0.717, 1.165) is 8.95 Å². The van der Waals surface area contributed by atoms with Crippen LogP contribution in [0.5, 0.6) is 0 Å². The monoisotopic (exact) mass is 382 g/mol. The summed E-state index contributed by atoms with van der Waals surface area (Å²) in [5.74, 6) is 0. The Morgan fingerprint density at radius 1 is 0.684 bits per heavy atom. The van der Waals surface area contributed by atoms with E-state index in [9.17, 15) is 0 Å². The van der Waals surface area contributed by atoms with Crippen LogP contribution in [0, 0.1) is 0 Å². The molecule has 0 bridgehead atoms. The van der Waals surface area contributed by atoms with Crippen LogP contribution in [-0.4, -0.2) is 0 Å². The van der Waals surface area contributed by atoms with Crippen LogP contribution >= 0.6 is 31.9 Å². The number of benzene rings is 2. The van der Waals surface area contributed by atoms with E-state index >= 15 is 0 Å². The Morgan fingerprint density at radius 2 is 1.00 bits per heavy atom. The van der Waals surface area contributed by atoms with Gasteiger partial charge in [0.25, 0.3) is 0 Å². The van der Waals surface area contributed by atoms with Gasteiger partial charge < -0.3 is 4.74 Å². The van der Waals surface area contributed by atoms with Crippen LogP contribution in [-0.2, 0) is 4.74 Å². The van der Waals surface area contributed by atoms with Crippen molar-refractivity contribution in [1.29, 1.82) is 0 Å². The molecule has 2 aromatic carbocycles. The van der Waals surface area contributed by atoms with E-state index in [0.29, 0.717) is 0 Å². The second-order valence-corrected chi connectivity index (χ2v) is 6.35. The van der Waals surface area contributed by atoms with Crippen molar-refractivity contribution >= 4 is 31.9 Å². The molecule has 19 heavy (non-hydrogen) atoms. The Bertz CT molecular complexity index is 470. The molecule has 0 radical (unpaired) electrons. The third kappa shape index (κ3) is 4.16. The Balaban J connectivity index is 2.03. The average Bonchev–Trinajstić information content (AvgIpc) is 2.40. The van der Waals surface area contributed by atoms with Crippen LogP contribution in [0.2, 0.25) is 0 Å². The second kappa shape index (κ2) is 6.69. The molecule has 2 atom stereocenters. The van der Waals surface area contributed by atoms with Gasteiger partial charge in [-0.3, -0.25) is 0 Å². The lowest BCUT2D eigenvalue weighted by Crippen LogP contribution is -2.05. The van der Waals surface area contributed by atoms with Gasteiger partial charge in [0.05, 0.1) is 12.2 Å². The molecule has 0 spiro atoms. The van der Waals surface area contributed by atoms with E-state index in [1.807, 2.05) is 24.3 Å². The fraction of sp³-hybridized carbons (Fsp3) is 0.250. The smallest absolute Gasteiger partial charge is 0.0805 e. The first-order valence-corrected chi connectivity index (χ1v) is 7.81. The third-order valence-electron chi connectivity index (χ3n) is 3.09. The molecule has 0 saturated carbocycles. The Kier molecular flexibility index (Phi) is 5.20. The van der Waals surface area contributed by atoms with Crippen molar-refractivity contribution in [3.8, 4) is 0 Å². The lowest BCUT2D eigenvalue weighted by atomic mass is 10.1. The fourth-order valence-corrected chi connectivity index (χ4v) is 2.46. The molecule has 1 nitrogen and oxygen atoms in total. The van der Waals surface area contributed by atoms with Gasteiger partial charge in [-0.15, -0.1) is 0 Å². The zero-order chi connectivity index (χ0) is 13.8. The van der Waals surface area contributed by atoms with Crippen molar-refractivity contribution in [3.05, 3.63) is 68.6 Å². The van der Waals surface area contributed by atoms with Crippen molar-refractivity contribution in [2.24, 2.45) is 0 Å². The van der Waals surface area contributed by atoms with E-state index in [1.165, 1.54) is 11.1 Å². The zero-order valence-electron chi connectivity index (χ0n) is 10.9. The van der Waals surface area contributed by atoms with Crippen LogP contribution < -0.4 is 0 Å². The first kappa shape index (κ1) is 14.8. The number of ether oxygens (including phenoxy) is 1. The van der Waals surface area contributed by atoms with Crippen LogP contribution in [0.3, 0.4) is 0 Å². The molecule has 0 aliphatic carbocycles. The van der Waals surface area contributed by atoms with Crippen molar-refractivity contribution < 1.29 is 4.74 Å². The van der Waals surface area contributed by atoms with Gasteiger partial charge in [-0.1, -0.05) is 56.1 Å². The van der Waals surface area contributed by atoms with Crippen molar-refractivity contribution in [3.63, 3.8) is 0 Å². The summed E-state index contributed by atoms with van der Waals surface area (Å²) in [6.45, 7) is 4.16. The molecule has 3 heteroatoms. The molecule has 0 fully saturated rings. The summed E-state index contributed by atoms with van der Waals surface area (Å²) in [6, 6.07) is 16.5. The molecule has 2 aromatic rings. The fourth-order valence-electron chi connectivity index (χ4n) is 1.93. The summed E-state index contributed by atoms with van der Waals surface area (Å²) < 4.78 is 8.25. The van der Waals surface area contributed by atoms with Crippen LogP contribution in [0.4, 0.5) is 0 Å². The van der Waals surface area contributed by atoms with Gasteiger partial charge in [0.1, 0.15) is 0 Å². The topological polar surface area (TPSA) is 9.23 Å². The highest BCUT2D eigenvalue weighted by Crippen LogP contribution is 2.27. The summed E-state index contributed by atoms with van der Waals surface area (Å²) in [5, 5.41) is 0. The van der Waals surface area contributed by atoms with Gasteiger partial charge in [0.2, 0.25) is 0 Å². The Labute approximate surface area is 131 Å². The Hall–Kier alpha value is -0.640. The van der Waals surface area contributed by atoms with Gasteiger partial charge in [0, 0.05) is 8.95 Å². The molecular weight excluding hydrogens is 368 g/mol. The van der Waals surface area contributed by atoms with Crippen LogP contribution in [0.15, 0.2) is 57.5 Å². The second-order valence-electron chi connectivity index (χ2n) is 4.52. The van der Waals surface area contributed by atoms with Gasteiger partial charge in [-0.25, -0.2) is 0 Å². The highest BCUT2D eigenvalue weighted by molar-refractivity contribution is 9.10. The summed E-state index contributed by atoms with van der Waals surface area (Å²) >= 11 is 6.89. The molecule has 100 valence electrons. The normalized spacial score (nSPS) is 14.1. The van der Waals surface area contributed by atoms with E-state index in [4.69, 9.17) is 4.74 Å². The third-order valence-corrected chi connectivity index (χ3v) is 4.14. The minimum absolute atomic E-state index is 0.0757. The molecule has 2 rings (SSSR count). The summed E-state index contributed by atoms with van der Waals surface area (Å²) in [4.78, 5) is 0. The lowest BCUT2D eigenvalue weighted by molar-refractivity contribution is 0.00585. The number of halogens is 2. The van der Waals surface area contributed by atoms with E-state index in [2.05, 4.69) is 70.0 Å². The minimum Gasteiger partial charge on any atom is -0.366 e. The van der Waals surface area contributed by atoms with Crippen LogP contribution in [0.25, 0.3) is 0 Å². The molecule has 0 aromatic heterocycles. The van der Waals surface area contributed by atoms with Gasteiger partial charge in [-0.2, -0.15) is 0 Å². The van der Waals surface area contributed by atoms with E-state index in [-0.39, 0.29) is 12.2 Å². The summed E-state index contributed by atoms with van der Waals surface area (Å²) in [7, 11) is 0. The summed E-state index contributed by atoms with van der Waals surface area (Å²) in [6.07, 6.45) is 0.151. The maximum atomic E-state index is 6.07. The van der Waals surface area contributed by atoms with Crippen molar-refractivity contribution in [1.82, 2.24) is 0 Å². The molecule has 2 unspecified atom stereocenters. The number of rotatable bonds is 4. The van der Waals surface area contributed by atoms with Gasteiger partial charge in [0.15, 0.2) is 0 Å².